The van der Waals surface area contributed by atoms with E-state index < -0.39 is 0 Å². The summed E-state index contributed by atoms with van der Waals surface area (Å²) >= 11 is 0. The van der Waals surface area contributed by atoms with Crippen LogP contribution in [-0.2, 0) is 6.42 Å². The van der Waals surface area contributed by atoms with Crippen LogP contribution in [0, 0.1) is 18.3 Å². The summed E-state index contributed by atoms with van der Waals surface area (Å²) in [6.07, 6.45) is 0.847. The van der Waals surface area contributed by atoms with Gasteiger partial charge in [-0.1, -0.05) is 24.3 Å². The SMILES string of the molecule is COc1cc2c(cc1OC)-c1c(C#N)c(-c3ccc(-c4nn[nH]n4)cc3)c(C)n1C(C)C2. The van der Waals surface area contributed by atoms with Crippen molar-refractivity contribution < 1.29 is 9.47 Å². The molecule has 32 heavy (non-hydrogen) atoms. The fraction of sp³-hybridized carbons (Fsp3) is 0.250. The second-order valence-corrected chi connectivity index (χ2v) is 7.90. The average molecular weight is 426 g/mol. The Hall–Kier alpha value is -4.12. The molecule has 1 N–H and O–H groups in total. The van der Waals surface area contributed by atoms with Gasteiger partial charge in [0, 0.05) is 28.4 Å². The van der Waals surface area contributed by atoms with Crippen LogP contribution in [0.15, 0.2) is 36.4 Å². The Bertz CT molecular complexity index is 1350. The number of hydrogen-bond donors (Lipinski definition) is 1. The lowest BCUT2D eigenvalue weighted by molar-refractivity contribution is 0.354. The van der Waals surface area contributed by atoms with Crippen LogP contribution in [-0.4, -0.2) is 39.4 Å². The quantitative estimate of drug-likeness (QED) is 0.522. The molecular formula is C24H22N6O2. The summed E-state index contributed by atoms with van der Waals surface area (Å²) in [6, 6.07) is 14.6. The lowest BCUT2D eigenvalue weighted by Crippen LogP contribution is -2.17. The van der Waals surface area contributed by atoms with Crippen LogP contribution in [0.5, 0.6) is 11.5 Å². The van der Waals surface area contributed by atoms with Gasteiger partial charge in [0.25, 0.3) is 0 Å². The Morgan fingerprint density at radius 2 is 1.78 bits per heavy atom. The maximum atomic E-state index is 10.2. The number of rotatable bonds is 4. The highest BCUT2D eigenvalue weighted by Gasteiger charge is 2.31. The summed E-state index contributed by atoms with van der Waals surface area (Å²) < 4.78 is 13.3. The van der Waals surface area contributed by atoms with Crippen molar-refractivity contribution in [1.82, 2.24) is 25.2 Å². The second kappa shape index (κ2) is 7.54. The Morgan fingerprint density at radius 3 is 2.41 bits per heavy atom. The molecule has 0 fully saturated rings. The molecule has 1 unspecified atom stereocenters. The van der Waals surface area contributed by atoms with E-state index in [0.29, 0.717) is 22.9 Å². The van der Waals surface area contributed by atoms with Gasteiger partial charge in [-0.2, -0.15) is 10.5 Å². The monoisotopic (exact) mass is 426 g/mol. The number of methoxy groups -OCH3 is 2. The van der Waals surface area contributed by atoms with Crippen molar-refractivity contribution in [3.05, 3.63) is 53.2 Å². The molecule has 160 valence electrons. The number of hydrogen-bond acceptors (Lipinski definition) is 6. The van der Waals surface area contributed by atoms with Crippen molar-refractivity contribution in [2.45, 2.75) is 26.3 Å². The Labute approximate surface area is 185 Å². The fourth-order valence-electron chi connectivity index (χ4n) is 4.78. The van der Waals surface area contributed by atoms with Crippen LogP contribution in [0.1, 0.15) is 29.8 Å². The molecule has 5 rings (SSSR count). The van der Waals surface area contributed by atoms with Crippen molar-refractivity contribution in [3.8, 4) is 51.3 Å². The summed E-state index contributed by atoms with van der Waals surface area (Å²) in [5.74, 6) is 1.89. The summed E-state index contributed by atoms with van der Waals surface area (Å²) in [5.41, 5.74) is 7.59. The highest BCUT2D eigenvalue weighted by Crippen LogP contribution is 2.47. The van der Waals surface area contributed by atoms with Gasteiger partial charge in [0.2, 0.25) is 5.82 Å². The third kappa shape index (κ3) is 2.86. The first-order valence-electron chi connectivity index (χ1n) is 10.3. The Morgan fingerprint density at radius 1 is 1.09 bits per heavy atom. The highest BCUT2D eigenvalue weighted by atomic mass is 16.5. The number of fused-ring (bicyclic) bond motifs is 3. The van der Waals surface area contributed by atoms with Gasteiger partial charge < -0.3 is 14.0 Å². The minimum absolute atomic E-state index is 0.204. The Balaban J connectivity index is 1.71. The first-order valence-corrected chi connectivity index (χ1v) is 10.3. The summed E-state index contributed by atoms with van der Waals surface area (Å²) in [5, 5.41) is 24.4. The van der Waals surface area contributed by atoms with Gasteiger partial charge in [0.15, 0.2) is 11.5 Å². The minimum atomic E-state index is 0.204. The van der Waals surface area contributed by atoms with E-state index >= 15 is 0 Å². The van der Waals surface area contributed by atoms with Gasteiger partial charge in [-0.25, -0.2) is 0 Å². The molecule has 0 radical (unpaired) electrons. The van der Waals surface area contributed by atoms with Crippen molar-refractivity contribution >= 4 is 0 Å². The van der Waals surface area contributed by atoms with Crippen LogP contribution < -0.4 is 9.47 Å². The lowest BCUT2D eigenvalue weighted by atomic mass is 9.91. The molecule has 1 aliphatic heterocycles. The summed E-state index contributed by atoms with van der Waals surface area (Å²) in [7, 11) is 3.27. The molecule has 0 spiro atoms. The number of nitrogens with zero attached hydrogens (tertiary/aromatic N) is 5. The molecule has 2 aromatic carbocycles. The average Bonchev–Trinajstić information content (AvgIpc) is 3.45. The number of H-pyrrole nitrogens is 1. The van der Waals surface area contributed by atoms with Crippen LogP contribution >= 0.6 is 0 Å². The number of nitrogens with one attached hydrogen (secondary N) is 1. The minimum Gasteiger partial charge on any atom is -0.493 e. The maximum absolute atomic E-state index is 10.2. The normalized spacial score (nSPS) is 14.4. The van der Waals surface area contributed by atoms with Crippen molar-refractivity contribution in [3.63, 3.8) is 0 Å². The first kappa shape index (κ1) is 19.8. The second-order valence-electron chi connectivity index (χ2n) is 7.90. The molecule has 0 saturated heterocycles. The van der Waals surface area contributed by atoms with Crippen LogP contribution in [0.3, 0.4) is 0 Å². The van der Waals surface area contributed by atoms with Crippen molar-refractivity contribution in [2.24, 2.45) is 0 Å². The number of ether oxygens (including phenoxy) is 2. The highest BCUT2D eigenvalue weighted by molar-refractivity contribution is 5.87. The third-order valence-corrected chi connectivity index (χ3v) is 6.16. The van der Waals surface area contributed by atoms with Gasteiger partial charge in [-0.15, -0.1) is 10.2 Å². The summed E-state index contributed by atoms with van der Waals surface area (Å²) in [6.45, 7) is 4.26. The van der Waals surface area contributed by atoms with E-state index in [2.05, 4.69) is 45.1 Å². The summed E-state index contributed by atoms with van der Waals surface area (Å²) in [4.78, 5) is 0. The van der Waals surface area contributed by atoms with Crippen molar-refractivity contribution in [2.75, 3.05) is 14.2 Å². The zero-order valence-corrected chi connectivity index (χ0v) is 18.3. The Kier molecular flexibility index (Phi) is 4.67. The van der Waals surface area contributed by atoms with E-state index in [1.54, 1.807) is 14.2 Å². The predicted octanol–water partition coefficient (Wildman–Crippen LogP) is 4.32. The molecule has 8 heteroatoms. The van der Waals surface area contributed by atoms with E-state index in [-0.39, 0.29) is 6.04 Å². The molecule has 4 aromatic rings. The molecular weight excluding hydrogens is 404 g/mol. The van der Waals surface area contributed by atoms with Gasteiger partial charge >= 0.3 is 0 Å². The number of benzene rings is 2. The van der Waals surface area contributed by atoms with Crippen molar-refractivity contribution in [1.29, 1.82) is 5.26 Å². The van der Waals surface area contributed by atoms with Crippen LogP contribution in [0.2, 0.25) is 0 Å². The number of aromatic amines is 1. The topological polar surface area (TPSA) is 102 Å². The molecule has 1 aliphatic rings. The van der Waals surface area contributed by atoms with Crippen LogP contribution in [0.4, 0.5) is 0 Å². The van der Waals surface area contributed by atoms with Gasteiger partial charge in [0.05, 0.1) is 25.5 Å². The van der Waals surface area contributed by atoms with E-state index in [0.717, 1.165) is 45.6 Å². The number of tetrazole rings is 1. The van der Waals surface area contributed by atoms with E-state index in [1.165, 1.54) is 0 Å². The van der Waals surface area contributed by atoms with Gasteiger partial charge in [0.1, 0.15) is 6.07 Å². The largest absolute Gasteiger partial charge is 0.493 e. The third-order valence-electron chi connectivity index (χ3n) is 6.16. The zero-order valence-electron chi connectivity index (χ0n) is 18.3. The maximum Gasteiger partial charge on any atom is 0.204 e. The first-order chi connectivity index (χ1) is 15.6. The molecule has 0 aliphatic carbocycles. The van der Waals surface area contributed by atoms with Gasteiger partial charge in [-0.3, -0.25) is 0 Å². The molecule has 0 bridgehead atoms. The van der Waals surface area contributed by atoms with E-state index in [4.69, 9.17) is 9.47 Å². The standard InChI is InChI=1S/C24H22N6O2/c1-13-9-17-10-20(31-3)21(32-4)11-18(17)23-19(12-25)22(14(2)30(13)23)15-5-7-16(8-6-15)24-26-28-29-27-24/h5-8,10-11,13H,9H2,1-4H3,(H,26,27,28,29). The van der Waals surface area contributed by atoms with Gasteiger partial charge in [-0.05, 0) is 48.7 Å². The molecule has 8 nitrogen and oxygen atoms in total. The number of aromatic nitrogens is 5. The molecule has 3 heterocycles. The number of nitriles is 1. The van der Waals surface area contributed by atoms with E-state index in [9.17, 15) is 5.26 Å². The van der Waals surface area contributed by atoms with E-state index in [1.807, 2.05) is 36.4 Å². The molecule has 0 amide bonds. The molecule has 0 saturated carbocycles. The zero-order chi connectivity index (χ0) is 22.4. The van der Waals surface area contributed by atoms with Crippen LogP contribution in [0.25, 0.3) is 33.8 Å². The fourth-order valence-corrected chi connectivity index (χ4v) is 4.78. The molecule has 2 aromatic heterocycles. The smallest absolute Gasteiger partial charge is 0.204 e. The lowest BCUT2D eigenvalue weighted by Gasteiger charge is -2.28. The predicted molar refractivity (Wildman–Crippen MR) is 119 cm³/mol. The molecule has 1 atom stereocenters.